The SMILES string of the molecule is COc1cc(C)nc(CNCc2ccc(F)c(Cl)c2)c1. The second kappa shape index (κ2) is 6.68. The lowest BCUT2D eigenvalue weighted by atomic mass is 10.2. The van der Waals surface area contributed by atoms with Crippen LogP contribution in [0.4, 0.5) is 4.39 Å². The van der Waals surface area contributed by atoms with Gasteiger partial charge in [0.05, 0.1) is 17.8 Å². The van der Waals surface area contributed by atoms with E-state index in [1.807, 2.05) is 19.1 Å². The standard InChI is InChI=1S/C15H16ClFN2O/c1-10-5-13(20-2)7-12(19-10)9-18-8-11-3-4-15(17)14(16)6-11/h3-7,18H,8-9H2,1-2H3. The van der Waals surface area contributed by atoms with E-state index in [2.05, 4.69) is 10.3 Å². The fourth-order valence-corrected chi connectivity index (χ4v) is 2.10. The van der Waals surface area contributed by atoms with Crippen LogP contribution in [0.1, 0.15) is 17.0 Å². The van der Waals surface area contributed by atoms with E-state index < -0.39 is 5.82 Å². The maximum Gasteiger partial charge on any atom is 0.141 e. The minimum Gasteiger partial charge on any atom is -0.497 e. The molecule has 0 aliphatic carbocycles. The summed E-state index contributed by atoms with van der Waals surface area (Å²) in [4.78, 5) is 4.42. The van der Waals surface area contributed by atoms with Crippen LogP contribution in [-0.2, 0) is 13.1 Å². The Kier molecular flexibility index (Phi) is 4.93. The average Bonchev–Trinajstić information content (AvgIpc) is 2.42. The number of nitrogens with one attached hydrogen (secondary N) is 1. The molecule has 20 heavy (non-hydrogen) atoms. The molecule has 0 radical (unpaired) electrons. The van der Waals surface area contributed by atoms with E-state index in [4.69, 9.17) is 16.3 Å². The third kappa shape index (κ3) is 3.92. The lowest BCUT2D eigenvalue weighted by molar-refractivity contribution is 0.412. The Morgan fingerprint density at radius 3 is 2.75 bits per heavy atom. The Morgan fingerprint density at radius 2 is 2.05 bits per heavy atom. The fraction of sp³-hybridized carbons (Fsp3) is 0.267. The molecule has 1 N–H and O–H groups in total. The summed E-state index contributed by atoms with van der Waals surface area (Å²) in [5, 5.41) is 3.38. The van der Waals surface area contributed by atoms with Crippen molar-refractivity contribution in [3.8, 4) is 5.75 Å². The lowest BCUT2D eigenvalue weighted by Crippen LogP contribution is -2.14. The molecular weight excluding hydrogens is 279 g/mol. The second-order valence-electron chi connectivity index (χ2n) is 4.49. The summed E-state index contributed by atoms with van der Waals surface area (Å²) in [5.74, 6) is 0.389. The van der Waals surface area contributed by atoms with E-state index >= 15 is 0 Å². The first kappa shape index (κ1) is 14.8. The van der Waals surface area contributed by atoms with Gasteiger partial charge in [0, 0.05) is 30.9 Å². The molecule has 106 valence electrons. The van der Waals surface area contributed by atoms with E-state index in [1.165, 1.54) is 6.07 Å². The molecule has 2 rings (SSSR count). The van der Waals surface area contributed by atoms with Crippen LogP contribution in [0.15, 0.2) is 30.3 Å². The van der Waals surface area contributed by atoms with Crippen molar-refractivity contribution in [1.29, 1.82) is 0 Å². The highest BCUT2D eigenvalue weighted by Crippen LogP contribution is 2.16. The summed E-state index contributed by atoms with van der Waals surface area (Å²) >= 11 is 5.74. The van der Waals surface area contributed by atoms with Crippen LogP contribution in [0.25, 0.3) is 0 Å². The third-order valence-corrected chi connectivity index (χ3v) is 3.12. The molecular formula is C15H16ClFN2O. The second-order valence-corrected chi connectivity index (χ2v) is 4.90. The van der Waals surface area contributed by atoms with Crippen molar-refractivity contribution in [2.45, 2.75) is 20.0 Å². The minimum absolute atomic E-state index is 0.139. The summed E-state index contributed by atoms with van der Waals surface area (Å²) in [6, 6.07) is 8.46. The molecule has 0 amide bonds. The van der Waals surface area contributed by atoms with E-state index in [0.29, 0.717) is 13.1 Å². The number of aryl methyl sites for hydroxylation is 1. The summed E-state index contributed by atoms with van der Waals surface area (Å²) in [5.41, 5.74) is 2.73. The van der Waals surface area contributed by atoms with Gasteiger partial charge >= 0.3 is 0 Å². The minimum atomic E-state index is -0.402. The summed E-state index contributed by atoms with van der Waals surface area (Å²) in [6.07, 6.45) is 0. The van der Waals surface area contributed by atoms with Crippen LogP contribution in [-0.4, -0.2) is 12.1 Å². The molecule has 0 spiro atoms. The van der Waals surface area contributed by atoms with Gasteiger partial charge in [0.2, 0.25) is 0 Å². The first-order valence-corrected chi connectivity index (χ1v) is 6.62. The molecule has 1 aromatic heterocycles. The highest BCUT2D eigenvalue weighted by Gasteiger charge is 2.03. The maximum absolute atomic E-state index is 13.0. The van der Waals surface area contributed by atoms with Crippen molar-refractivity contribution in [2.75, 3.05) is 7.11 Å². The zero-order chi connectivity index (χ0) is 14.5. The summed E-state index contributed by atoms with van der Waals surface area (Å²) in [6.45, 7) is 3.12. The molecule has 1 aromatic carbocycles. The van der Waals surface area contributed by atoms with Crippen molar-refractivity contribution in [3.05, 3.63) is 58.1 Å². The average molecular weight is 295 g/mol. The molecule has 0 unspecified atom stereocenters. The molecule has 3 nitrogen and oxygen atoms in total. The van der Waals surface area contributed by atoms with E-state index in [1.54, 1.807) is 19.2 Å². The van der Waals surface area contributed by atoms with Gasteiger partial charge in [0.25, 0.3) is 0 Å². The van der Waals surface area contributed by atoms with Gasteiger partial charge in [0.15, 0.2) is 0 Å². The number of aromatic nitrogens is 1. The zero-order valence-electron chi connectivity index (χ0n) is 11.4. The fourth-order valence-electron chi connectivity index (χ4n) is 1.90. The first-order valence-electron chi connectivity index (χ1n) is 6.24. The molecule has 0 aliphatic rings. The quantitative estimate of drug-likeness (QED) is 0.917. The summed E-state index contributed by atoms with van der Waals surface area (Å²) < 4.78 is 18.2. The van der Waals surface area contributed by atoms with E-state index in [0.717, 1.165) is 22.7 Å². The predicted molar refractivity (Wildman–Crippen MR) is 77.5 cm³/mol. The van der Waals surface area contributed by atoms with Crippen molar-refractivity contribution in [3.63, 3.8) is 0 Å². The number of pyridine rings is 1. The Bertz CT molecular complexity index is 604. The van der Waals surface area contributed by atoms with E-state index in [-0.39, 0.29) is 5.02 Å². The largest absolute Gasteiger partial charge is 0.497 e. The van der Waals surface area contributed by atoms with Crippen LogP contribution in [0.3, 0.4) is 0 Å². The van der Waals surface area contributed by atoms with Gasteiger partial charge in [-0.2, -0.15) is 0 Å². The van der Waals surface area contributed by atoms with Crippen LogP contribution in [0.5, 0.6) is 5.75 Å². The number of hydrogen-bond donors (Lipinski definition) is 1. The number of rotatable bonds is 5. The van der Waals surface area contributed by atoms with Crippen LogP contribution >= 0.6 is 11.6 Å². The Balaban J connectivity index is 1.95. The number of methoxy groups -OCH3 is 1. The van der Waals surface area contributed by atoms with E-state index in [9.17, 15) is 4.39 Å². The van der Waals surface area contributed by atoms with Crippen LogP contribution in [0, 0.1) is 12.7 Å². The lowest BCUT2D eigenvalue weighted by Gasteiger charge is -2.08. The Morgan fingerprint density at radius 1 is 1.25 bits per heavy atom. The third-order valence-electron chi connectivity index (χ3n) is 2.83. The molecule has 5 heteroatoms. The number of ether oxygens (including phenoxy) is 1. The smallest absolute Gasteiger partial charge is 0.141 e. The predicted octanol–water partition coefficient (Wildman–Crippen LogP) is 3.48. The Labute approximate surface area is 122 Å². The van der Waals surface area contributed by atoms with Gasteiger partial charge in [-0.15, -0.1) is 0 Å². The van der Waals surface area contributed by atoms with Gasteiger partial charge in [-0.3, -0.25) is 4.98 Å². The van der Waals surface area contributed by atoms with Gasteiger partial charge < -0.3 is 10.1 Å². The number of benzene rings is 1. The highest BCUT2D eigenvalue weighted by atomic mass is 35.5. The van der Waals surface area contributed by atoms with Crippen LogP contribution in [0.2, 0.25) is 5.02 Å². The molecule has 0 saturated carbocycles. The topological polar surface area (TPSA) is 34.1 Å². The van der Waals surface area contributed by atoms with Gasteiger partial charge in [-0.05, 0) is 24.6 Å². The van der Waals surface area contributed by atoms with Gasteiger partial charge in [-0.25, -0.2) is 4.39 Å². The zero-order valence-corrected chi connectivity index (χ0v) is 12.2. The number of halogens is 2. The summed E-state index contributed by atoms with van der Waals surface area (Å²) in [7, 11) is 1.63. The monoisotopic (exact) mass is 294 g/mol. The van der Waals surface area contributed by atoms with Crippen molar-refractivity contribution in [2.24, 2.45) is 0 Å². The molecule has 0 aliphatic heterocycles. The normalized spacial score (nSPS) is 10.6. The number of nitrogens with zero attached hydrogens (tertiary/aromatic N) is 1. The first-order chi connectivity index (χ1) is 9.58. The van der Waals surface area contributed by atoms with Crippen molar-refractivity contribution >= 4 is 11.6 Å². The van der Waals surface area contributed by atoms with Gasteiger partial charge in [0.1, 0.15) is 11.6 Å². The van der Waals surface area contributed by atoms with Crippen LogP contribution < -0.4 is 10.1 Å². The maximum atomic E-state index is 13.0. The molecule has 1 heterocycles. The molecule has 0 atom stereocenters. The molecule has 2 aromatic rings. The Hall–Kier alpha value is -1.65. The van der Waals surface area contributed by atoms with Crippen molar-refractivity contribution in [1.82, 2.24) is 10.3 Å². The molecule has 0 fully saturated rings. The molecule has 0 saturated heterocycles. The number of hydrogen-bond acceptors (Lipinski definition) is 3. The molecule has 0 bridgehead atoms. The highest BCUT2D eigenvalue weighted by molar-refractivity contribution is 6.30. The van der Waals surface area contributed by atoms with Crippen molar-refractivity contribution < 1.29 is 9.13 Å². The van der Waals surface area contributed by atoms with Gasteiger partial charge in [-0.1, -0.05) is 17.7 Å².